The first-order valence-electron chi connectivity index (χ1n) is 9.74. The first-order chi connectivity index (χ1) is 14.9. The van der Waals surface area contributed by atoms with Crippen molar-refractivity contribution in [1.82, 2.24) is 25.1 Å². The third-order valence-electron chi connectivity index (χ3n) is 4.83. The van der Waals surface area contributed by atoms with Gasteiger partial charge in [0, 0.05) is 11.3 Å². The van der Waals surface area contributed by atoms with Crippen LogP contribution in [-0.2, 0) is 4.79 Å². The maximum absolute atomic E-state index is 12.4. The summed E-state index contributed by atoms with van der Waals surface area (Å²) in [6, 6.07) is 15.9. The molecule has 0 bridgehead atoms. The molecule has 4 N–H and O–H groups in total. The molecule has 158 valence electrons. The highest BCUT2D eigenvalue weighted by Crippen LogP contribution is 2.25. The summed E-state index contributed by atoms with van der Waals surface area (Å²) in [5.74, 6) is 6.66. The fourth-order valence-electron chi connectivity index (χ4n) is 3.05. The Morgan fingerprint density at radius 2 is 1.81 bits per heavy atom. The van der Waals surface area contributed by atoms with E-state index in [0.717, 1.165) is 28.1 Å². The largest absolute Gasteiger partial charge is 0.335 e. The molecular formula is C22H23N7OS. The van der Waals surface area contributed by atoms with E-state index in [0.29, 0.717) is 16.7 Å². The van der Waals surface area contributed by atoms with Crippen molar-refractivity contribution in [3.8, 4) is 22.8 Å². The van der Waals surface area contributed by atoms with E-state index in [1.54, 1.807) is 0 Å². The zero-order valence-corrected chi connectivity index (χ0v) is 18.3. The summed E-state index contributed by atoms with van der Waals surface area (Å²) in [5, 5.41) is 19.0. The molecule has 0 aliphatic rings. The second-order valence-electron chi connectivity index (χ2n) is 7.36. The third kappa shape index (κ3) is 4.61. The lowest BCUT2D eigenvalue weighted by atomic mass is 10.1. The van der Waals surface area contributed by atoms with Crippen LogP contribution in [0.25, 0.3) is 22.8 Å². The van der Waals surface area contributed by atoms with Gasteiger partial charge in [0.1, 0.15) is 5.69 Å². The number of benzene rings is 2. The quantitative estimate of drug-likeness (QED) is 0.315. The van der Waals surface area contributed by atoms with Crippen molar-refractivity contribution in [2.24, 2.45) is 0 Å². The van der Waals surface area contributed by atoms with Crippen LogP contribution in [0.5, 0.6) is 0 Å². The van der Waals surface area contributed by atoms with Gasteiger partial charge in [-0.25, -0.2) is 4.68 Å². The van der Waals surface area contributed by atoms with Gasteiger partial charge in [-0.1, -0.05) is 53.7 Å². The summed E-state index contributed by atoms with van der Waals surface area (Å²) in [6.07, 6.45) is 0. The zero-order valence-electron chi connectivity index (χ0n) is 17.5. The third-order valence-corrected chi connectivity index (χ3v) is 5.77. The van der Waals surface area contributed by atoms with Crippen LogP contribution in [0.15, 0.2) is 53.7 Å². The molecule has 1 amide bonds. The molecule has 8 nitrogen and oxygen atoms in total. The number of aryl methyl sites for hydroxylation is 3. The standard InChI is InChI=1S/C22H23N7OS/c1-13-5-8-16(9-6-13)18-11-19(26-25-18)21-27-28-22(29(21)23)31-12-20(30)24-17-10-14(2)4-7-15(17)3/h4-11H,12,23H2,1-3H3,(H,24,30)(H,25,26). The van der Waals surface area contributed by atoms with E-state index < -0.39 is 0 Å². The van der Waals surface area contributed by atoms with Gasteiger partial charge in [0.25, 0.3) is 0 Å². The first-order valence-corrected chi connectivity index (χ1v) is 10.7. The van der Waals surface area contributed by atoms with Gasteiger partial charge in [0.2, 0.25) is 16.9 Å². The zero-order chi connectivity index (χ0) is 22.0. The number of rotatable bonds is 6. The second kappa shape index (κ2) is 8.65. The minimum absolute atomic E-state index is 0.133. The van der Waals surface area contributed by atoms with E-state index in [2.05, 4.69) is 25.7 Å². The van der Waals surface area contributed by atoms with Crippen LogP contribution in [0.1, 0.15) is 16.7 Å². The number of thioether (sulfide) groups is 1. The van der Waals surface area contributed by atoms with Gasteiger partial charge in [-0.15, -0.1) is 10.2 Å². The lowest BCUT2D eigenvalue weighted by molar-refractivity contribution is -0.113. The highest BCUT2D eigenvalue weighted by atomic mass is 32.2. The molecule has 2 aromatic heterocycles. The molecule has 0 aliphatic carbocycles. The Hall–Kier alpha value is -3.59. The second-order valence-corrected chi connectivity index (χ2v) is 8.31. The molecule has 4 rings (SSSR count). The number of nitrogens with two attached hydrogens (primary N) is 1. The van der Waals surface area contributed by atoms with Crippen LogP contribution in [0.3, 0.4) is 0 Å². The lowest BCUT2D eigenvalue weighted by Crippen LogP contribution is -2.17. The number of anilines is 1. The lowest BCUT2D eigenvalue weighted by Gasteiger charge is -2.09. The summed E-state index contributed by atoms with van der Waals surface area (Å²) in [7, 11) is 0. The van der Waals surface area contributed by atoms with Crippen LogP contribution in [-0.4, -0.2) is 36.7 Å². The molecule has 0 aliphatic heterocycles. The maximum Gasteiger partial charge on any atom is 0.234 e. The minimum Gasteiger partial charge on any atom is -0.335 e. The predicted molar refractivity (Wildman–Crippen MR) is 123 cm³/mol. The minimum atomic E-state index is -0.133. The molecule has 31 heavy (non-hydrogen) atoms. The van der Waals surface area contributed by atoms with Crippen molar-refractivity contribution in [2.75, 3.05) is 16.9 Å². The van der Waals surface area contributed by atoms with Crippen molar-refractivity contribution < 1.29 is 4.79 Å². The Kier molecular flexibility index (Phi) is 5.77. The van der Waals surface area contributed by atoms with E-state index in [-0.39, 0.29) is 11.7 Å². The van der Waals surface area contributed by atoms with Crippen LogP contribution < -0.4 is 11.2 Å². The van der Waals surface area contributed by atoms with Gasteiger partial charge >= 0.3 is 0 Å². The van der Waals surface area contributed by atoms with E-state index >= 15 is 0 Å². The molecule has 0 saturated carbocycles. The van der Waals surface area contributed by atoms with Crippen molar-refractivity contribution >= 4 is 23.4 Å². The first kappa shape index (κ1) is 20.7. The Labute approximate surface area is 184 Å². The molecule has 0 saturated heterocycles. The summed E-state index contributed by atoms with van der Waals surface area (Å²) < 4.78 is 1.36. The number of aromatic nitrogens is 5. The van der Waals surface area contributed by atoms with Crippen molar-refractivity contribution in [2.45, 2.75) is 25.9 Å². The summed E-state index contributed by atoms with van der Waals surface area (Å²) in [6.45, 7) is 5.99. The van der Waals surface area contributed by atoms with E-state index in [1.807, 2.05) is 69.3 Å². The highest BCUT2D eigenvalue weighted by Gasteiger charge is 2.16. The van der Waals surface area contributed by atoms with Gasteiger partial charge in [0.15, 0.2) is 0 Å². The smallest absolute Gasteiger partial charge is 0.234 e. The fraction of sp³-hybridized carbons (Fsp3) is 0.182. The Bertz CT molecular complexity index is 1230. The van der Waals surface area contributed by atoms with E-state index in [1.165, 1.54) is 22.0 Å². The van der Waals surface area contributed by atoms with Gasteiger partial charge in [-0.3, -0.25) is 9.89 Å². The van der Waals surface area contributed by atoms with Crippen LogP contribution in [0, 0.1) is 20.8 Å². The number of hydrogen-bond donors (Lipinski definition) is 3. The highest BCUT2D eigenvalue weighted by molar-refractivity contribution is 7.99. The molecule has 2 heterocycles. The summed E-state index contributed by atoms with van der Waals surface area (Å²) in [5.41, 5.74) is 6.53. The Morgan fingerprint density at radius 1 is 1.06 bits per heavy atom. The summed E-state index contributed by atoms with van der Waals surface area (Å²) in [4.78, 5) is 12.4. The molecule has 0 spiro atoms. The van der Waals surface area contributed by atoms with Crippen molar-refractivity contribution in [3.63, 3.8) is 0 Å². The normalized spacial score (nSPS) is 10.9. The molecular weight excluding hydrogens is 410 g/mol. The van der Waals surface area contributed by atoms with E-state index in [4.69, 9.17) is 5.84 Å². The molecule has 0 radical (unpaired) electrons. The number of carbonyl (C=O) groups is 1. The van der Waals surface area contributed by atoms with Crippen LogP contribution in [0.2, 0.25) is 0 Å². The van der Waals surface area contributed by atoms with Crippen molar-refractivity contribution in [1.29, 1.82) is 0 Å². The van der Waals surface area contributed by atoms with Gasteiger partial charge in [-0.2, -0.15) is 5.10 Å². The predicted octanol–water partition coefficient (Wildman–Crippen LogP) is 3.71. The van der Waals surface area contributed by atoms with Gasteiger partial charge in [0.05, 0.1) is 11.4 Å². The van der Waals surface area contributed by atoms with Crippen LogP contribution in [0.4, 0.5) is 5.69 Å². The summed E-state index contributed by atoms with van der Waals surface area (Å²) >= 11 is 1.22. The van der Waals surface area contributed by atoms with Crippen LogP contribution >= 0.6 is 11.8 Å². The molecule has 0 fully saturated rings. The average Bonchev–Trinajstić information content (AvgIpc) is 3.36. The number of H-pyrrole nitrogens is 1. The molecule has 9 heteroatoms. The molecule has 4 aromatic rings. The number of carbonyl (C=O) groups excluding carboxylic acids is 1. The molecule has 0 unspecified atom stereocenters. The number of hydrogen-bond acceptors (Lipinski definition) is 6. The Balaban J connectivity index is 1.43. The van der Waals surface area contributed by atoms with E-state index in [9.17, 15) is 4.79 Å². The molecule has 2 aromatic carbocycles. The van der Waals surface area contributed by atoms with Crippen molar-refractivity contribution in [3.05, 3.63) is 65.2 Å². The Morgan fingerprint density at radius 3 is 2.58 bits per heavy atom. The monoisotopic (exact) mass is 433 g/mol. The number of nitrogen functional groups attached to an aromatic ring is 1. The number of amides is 1. The van der Waals surface area contributed by atoms with Gasteiger partial charge in [-0.05, 0) is 44.0 Å². The number of nitrogens with one attached hydrogen (secondary N) is 2. The number of nitrogens with zero attached hydrogens (tertiary/aromatic N) is 4. The van der Waals surface area contributed by atoms with Gasteiger partial charge < -0.3 is 11.2 Å². The fourth-order valence-corrected chi connectivity index (χ4v) is 3.71. The topological polar surface area (TPSA) is 115 Å². The number of aromatic amines is 1. The SMILES string of the molecule is Cc1ccc(-c2cc(-c3nnc(SCC(=O)Nc4cc(C)ccc4C)n3N)[nH]n2)cc1. The maximum atomic E-state index is 12.4. The molecule has 0 atom stereocenters. The average molecular weight is 434 g/mol.